The molecule has 6 nitrogen and oxygen atoms in total. The fraction of sp³-hybridized carbons (Fsp3) is 0.409. The second-order valence-electron chi connectivity index (χ2n) is 7.50. The smallest absolute Gasteiger partial charge is 0.373 e. The number of carbonyl (C=O) groups excluding carboxylic acids is 3. The highest BCUT2D eigenvalue weighted by atomic mass is 19.1. The van der Waals surface area contributed by atoms with E-state index in [0.29, 0.717) is 25.3 Å². The van der Waals surface area contributed by atoms with Gasteiger partial charge in [0.25, 0.3) is 0 Å². The van der Waals surface area contributed by atoms with Crippen LogP contribution in [0, 0.1) is 12.7 Å². The van der Waals surface area contributed by atoms with Crippen molar-refractivity contribution in [2.45, 2.75) is 44.6 Å². The summed E-state index contributed by atoms with van der Waals surface area (Å²) < 4.78 is 19.7. The number of likely N-dealkylation sites (tertiary alicyclic amines) is 1. The second-order valence-corrected chi connectivity index (χ2v) is 7.50. The molecule has 2 aliphatic heterocycles. The lowest BCUT2D eigenvalue weighted by atomic mass is 9.83. The number of fused-ring (bicyclic) bond motifs is 1. The number of aromatic nitrogens is 1. The summed E-state index contributed by atoms with van der Waals surface area (Å²) in [5, 5.41) is 0. The molecule has 0 N–H and O–H groups in total. The normalized spacial score (nSPS) is 16.7. The zero-order valence-electron chi connectivity index (χ0n) is 16.3. The maximum absolute atomic E-state index is 13.5. The Morgan fingerprint density at radius 2 is 1.93 bits per heavy atom. The van der Waals surface area contributed by atoms with Gasteiger partial charge in [0.15, 0.2) is 0 Å². The molecule has 152 valence electrons. The van der Waals surface area contributed by atoms with Gasteiger partial charge in [0.1, 0.15) is 17.2 Å². The fourth-order valence-electron chi connectivity index (χ4n) is 3.95. The first-order chi connectivity index (χ1) is 13.9. The van der Waals surface area contributed by atoms with E-state index in [0.717, 1.165) is 42.5 Å². The summed E-state index contributed by atoms with van der Waals surface area (Å²) in [5.74, 6) is 0.513. The van der Waals surface area contributed by atoms with Crippen molar-refractivity contribution >= 4 is 12.1 Å². The number of ether oxygens (including phenoxy) is 1. The first kappa shape index (κ1) is 20.7. The van der Waals surface area contributed by atoms with Gasteiger partial charge in [-0.3, -0.25) is 9.78 Å². The molecule has 4 rings (SSSR count). The Kier molecular flexibility index (Phi) is 6.39. The Morgan fingerprint density at radius 3 is 2.62 bits per heavy atom. The first-order valence-electron chi connectivity index (χ1n) is 9.61. The second kappa shape index (κ2) is 8.97. The highest BCUT2D eigenvalue weighted by Crippen LogP contribution is 2.39. The Balaban J connectivity index is 0.000000755. The topological polar surface area (TPSA) is 76.6 Å². The molecule has 29 heavy (non-hydrogen) atoms. The van der Waals surface area contributed by atoms with Gasteiger partial charge in [0, 0.05) is 43.9 Å². The van der Waals surface area contributed by atoms with Gasteiger partial charge in [0.05, 0.1) is 6.42 Å². The quantitative estimate of drug-likeness (QED) is 0.778. The fourth-order valence-corrected chi connectivity index (χ4v) is 3.95. The number of carbonyl (C=O) groups is 1. The van der Waals surface area contributed by atoms with Crippen LogP contribution in [0.2, 0.25) is 0 Å². The van der Waals surface area contributed by atoms with E-state index in [-0.39, 0.29) is 23.5 Å². The van der Waals surface area contributed by atoms with Gasteiger partial charge in [0.2, 0.25) is 5.91 Å². The Hall–Kier alpha value is -3.05. The molecule has 0 unspecified atom stereocenters. The van der Waals surface area contributed by atoms with Crippen LogP contribution < -0.4 is 4.74 Å². The molecular formula is C22H23FN2O4. The van der Waals surface area contributed by atoms with E-state index in [2.05, 4.69) is 4.98 Å². The molecule has 0 atom stereocenters. The Labute approximate surface area is 168 Å². The number of hydrogen-bond donors (Lipinski definition) is 0. The summed E-state index contributed by atoms with van der Waals surface area (Å²) in [6.07, 6.45) is 5.73. The number of benzene rings is 1. The van der Waals surface area contributed by atoms with Crippen molar-refractivity contribution in [3.8, 4) is 5.75 Å². The molecule has 1 fully saturated rings. The van der Waals surface area contributed by atoms with Crippen molar-refractivity contribution in [2.75, 3.05) is 13.1 Å². The molecule has 0 saturated carbocycles. The molecule has 1 aromatic heterocycles. The van der Waals surface area contributed by atoms with Crippen molar-refractivity contribution in [1.82, 2.24) is 9.88 Å². The van der Waals surface area contributed by atoms with Gasteiger partial charge in [-0.25, -0.2) is 4.39 Å². The summed E-state index contributed by atoms with van der Waals surface area (Å²) >= 11 is 0. The summed E-state index contributed by atoms with van der Waals surface area (Å²) in [5.41, 5.74) is 2.73. The van der Waals surface area contributed by atoms with Gasteiger partial charge in [-0.05, 0) is 49.1 Å². The largest absolute Gasteiger partial charge is 0.487 e. The highest BCUT2D eigenvalue weighted by Gasteiger charge is 2.40. The molecule has 1 spiro atoms. The Morgan fingerprint density at radius 1 is 1.21 bits per heavy atom. The predicted octanol–water partition coefficient (Wildman–Crippen LogP) is 2.87. The molecule has 1 saturated heterocycles. The average Bonchev–Trinajstić information content (AvgIpc) is 2.69. The van der Waals surface area contributed by atoms with Crippen molar-refractivity contribution in [3.63, 3.8) is 0 Å². The van der Waals surface area contributed by atoms with Crippen molar-refractivity contribution < 1.29 is 23.5 Å². The van der Waals surface area contributed by atoms with Crippen LogP contribution in [0.5, 0.6) is 5.75 Å². The zero-order valence-corrected chi connectivity index (χ0v) is 16.3. The maximum atomic E-state index is 13.5. The number of pyridine rings is 1. The highest BCUT2D eigenvalue weighted by molar-refractivity contribution is 5.78. The summed E-state index contributed by atoms with van der Waals surface area (Å²) in [7, 11) is 0. The lowest BCUT2D eigenvalue weighted by Gasteiger charge is -2.44. The lowest BCUT2D eigenvalue weighted by Crippen LogP contribution is -2.51. The van der Waals surface area contributed by atoms with Gasteiger partial charge in [-0.1, -0.05) is 6.07 Å². The third-order valence-corrected chi connectivity index (χ3v) is 5.54. The van der Waals surface area contributed by atoms with Gasteiger partial charge in [-0.15, -0.1) is 0 Å². The maximum Gasteiger partial charge on any atom is 0.373 e. The molecule has 1 aromatic carbocycles. The molecule has 2 aliphatic rings. The number of hydrogen-bond acceptors (Lipinski definition) is 5. The molecule has 0 bridgehead atoms. The van der Waals surface area contributed by atoms with Gasteiger partial charge >= 0.3 is 6.15 Å². The first-order valence-corrected chi connectivity index (χ1v) is 9.61. The van der Waals surface area contributed by atoms with Gasteiger partial charge < -0.3 is 9.64 Å². The Bertz CT molecular complexity index is 917. The third-order valence-electron chi connectivity index (χ3n) is 5.54. The van der Waals surface area contributed by atoms with Crippen LogP contribution in [0.25, 0.3) is 0 Å². The number of nitrogens with zero attached hydrogens (tertiary/aromatic N) is 2. The van der Waals surface area contributed by atoms with Crippen LogP contribution >= 0.6 is 0 Å². The van der Waals surface area contributed by atoms with E-state index >= 15 is 0 Å². The van der Waals surface area contributed by atoms with Crippen LogP contribution in [0.3, 0.4) is 0 Å². The van der Waals surface area contributed by atoms with E-state index in [1.807, 2.05) is 30.0 Å². The van der Waals surface area contributed by atoms with E-state index in [1.54, 1.807) is 6.20 Å². The monoisotopic (exact) mass is 398 g/mol. The van der Waals surface area contributed by atoms with Gasteiger partial charge in [-0.2, -0.15) is 9.59 Å². The number of rotatable bonds is 2. The van der Waals surface area contributed by atoms with Crippen LogP contribution in [-0.4, -0.2) is 40.6 Å². The minimum atomic E-state index is -0.265. The van der Waals surface area contributed by atoms with Crippen molar-refractivity contribution in [2.24, 2.45) is 0 Å². The minimum Gasteiger partial charge on any atom is -0.487 e. The van der Waals surface area contributed by atoms with E-state index in [1.165, 1.54) is 12.1 Å². The van der Waals surface area contributed by atoms with Crippen LogP contribution in [0.4, 0.5) is 4.39 Å². The molecule has 1 amide bonds. The molecule has 0 radical (unpaired) electrons. The number of amides is 1. The minimum absolute atomic E-state index is 0.111. The van der Waals surface area contributed by atoms with Crippen molar-refractivity contribution in [3.05, 3.63) is 59.2 Å². The molecule has 2 aromatic rings. The molecular weight excluding hydrogens is 375 g/mol. The molecule has 7 heteroatoms. The lowest BCUT2D eigenvalue weighted by molar-refractivity contribution is -0.191. The van der Waals surface area contributed by atoms with E-state index < -0.39 is 0 Å². The summed E-state index contributed by atoms with van der Waals surface area (Å²) in [4.78, 5) is 35.0. The number of halogens is 1. The third kappa shape index (κ3) is 5.06. The van der Waals surface area contributed by atoms with E-state index in [4.69, 9.17) is 14.3 Å². The van der Waals surface area contributed by atoms with E-state index in [9.17, 15) is 9.18 Å². The number of piperidine rings is 1. The summed E-state index contributed by atoms with van der Waals surface area (Å²) in [6, 6.07) is 8.67. The van der Waals surface area contributed by atoms with Crippen LogP contribution in [0.1, 0.15) is 36.1 Å². The average molecular weight is 398 g/mol. The van der Waals surface area contributed by atoms with Crippen molar-refractivity contribution in [1.29, 1.82) is 0 Å². The molecule has 3 heterocycles. The summed E-state index contributed by atoms with van der Waals surface area (Å²) in [6.45, 7) is 3.35. The number of aryl methyl sites for hydroxylation is 2. The standard InChI is InChI=1S/C21H23FN2O2.CO2/c1-15-5-9-23-18(12-15)14-20(25)24-10-7-21(8-11-24)6-4-16-2-3-17(22)13-19(16)26-21;2-1-3/h2-3,5,9,12-13H,4,6-8,10-11,14H2,1H3;. The zero-order chi connectivity index (χ0) is 20.9. The SMILES string of the molecule is Cc1ccnc(CC(=O)N2CCC3(CCc4ccc(F)cc4O3)CC2)c1.O=C=O. The van der Waals surface area contributed by atoms with Crippen LogP contribution in [0.15, 0.2) is 36.5 Å². The predicted molar refractivity (Wildman–Crippen MR) is 102 cm³/mol. The molecule has 0 aliphatic carbocycles. The van der Waals surface area contributed by atoms with Crippen LogP contribution in [-0.2, 0) is 27.2 Å².